The summed E-state index contributed by atoms with van der Waals surface area (Å²) in [7, 11) is 1.95. The Morgan fingerprint density at radius 3 is 1.95 bits per heavy atom. The van der Waals surface area contributed by atoms with Crippen molar-refractivity contribution in [3.63, 3.8) is 0 Å². The van der Waals surface area contributed by atoms with Crippen LogP contribution >= 0.6 is 0 Å². The summed E-state index contributed by atoms with van der Waals surface area (Å²) in [5.41, 5.74) is 4.58. The van der Waals surface area contributed by atoms with Crippen LogP contribution in [-0.2, 0) is 0 Å². The molecule has 2 N–H and O–H groups in total. The van der Waals surface area contributed by atoms with Gasteiger partial charge in [0, 0.05) is 12.7 Å². The van der Waals surface area contributed by atoms with Gasteiger partial charge in [-0.15, -0.1) is 0 Å². The smallest absolute Gasteiger partial charge is 0.0626 e. The van der Waals surface area contributed by atoms with E-state index in [0.29, 0.717) is 0 Å². The van der Waals surface area contributed by atoms with Gasteiger partial charge in [-0.2, -0.15) is 0 Å². The zero-order valence-electron chi connectivity index (χ0n) is 11.8. The Hall–Kier alpha value is -2.48. The highest BCUT2D eigenvalue weighted by Crippen LogP contribution is 2.31. The molecule has 0 saturated carbocycles. The molecule has 0 atom stereocenters. The second kappa shape index (κ2) is 5.25. The molecule has 0 aromatic heterocycles. The topological polar surface area (TPSA) is 24.1 Å². The fourth-order valence-corrected chi connectivity index (χ4v) is 2.41. The van der Waals surface area contributed by atoms with Crippen LogP contribution < -0.4 is 10.6 Å². The highest BCUT2D eigenvalue weighted by atomic mass is 14.9. The standard InChI is InChI=1S/C18H18N2/c1-13-7-3-6-10-16(13)20-18-12-15-9-5-4-8-14(15)11-17(18)19-2/h3-12,19-20H,1-2H3. The van der Waals surface area contributed by atoms with E-state index >= 15 is 0 Å². The number of hydrogen-bond donors (Lipinski definition) is 2. The van der Waals surface area contributed by atoms with Gasteiger partial charge in [-0.25, -0.2) is 0 Å². The zero-order chi connectivity index (χ0) is 13.9. The molecule has 0 amide bonds. The summed E-state index contributed by atoms with van der Waals surface area (Å²) < 4.78 is 0. The van der Waals surface area contributed by atoms with Gasteiger partial charge in [0.25, 0.3) is 0 Å². The zero-order valence-corrected chi connectivity index (χ0v) is 11.8. The molecule has 3 aromatic rings. The number of fused-ring (bicyclic) bond motifs is 1. The van der Waals surface area contributed by atoms with E-state index in [1.54, 1.807) is 0 Å². The molecular weight excluding hydrogens is 244 g/mol. The molecular formula is C18H18N2. The number of rotatable bonds is 3. The van der Waals surface area contributed by atoms with Gasteiger partial charge in [0.1, 0.15) is 0 Å². The minimum Gasteiger partial charge on any atom is -0.386 e. The van der Waals surface area contributed by atoms with E-state index in [2.05, 4.69) is 78.2 Å². The van der Waals surface area contributed by atoms with E-state index in [1.165, 1.54) is 16.3 Å². The molecule has 0 heterocycles. The Morgan fingerprint density at radius 1 is 0.700 bits per heavy atom. The number of hydrogen-bond acceptors (Lipinski definition) is 2. The van der Waals surface area contributed by atoms with Crippen molar-refractivity contribution in [2.24, 2.45) is 0 Å². The van der Waals surface area contributed by atoms with Gasteiger partial charge < -0.3 is 10.6 Å². The highest BCUT2D eigenvalue weighted by Gasteiger charge is 2.05. The van der Waals surface area contributed by atoms with Crippen LogP contribution in [0.5, 0.6) is 0 Å². The first-order chi connectivity index (χ1) is 9.78. The Bertz CT molecular complexity index is 747. The second-order valence-corrected chi connectivity index (χ2v) is 4.93. The monoisotopic (exact) mass is 262 g/mol. The number of benzene rings is 3. The van der Waals surface area contributed by atoms with E-state index < -0.39 is 0 Å². The van der Waals surface area contributed by atoms with Gasteiger partial charge in [-0.3, -0.25) is 0 Å². The van der Waals surface area contributed by atoms with Crippen LogP contribution in [0.2, 0.25) is 0 Å². The fourth-order valence-electron chi connectivity index (χ4n) is 2.41. The normalized spacial score (nSPS) is 10.5. The van der Waals surface area contributed by atoms with Crippen LogP contribution in [0.1, 0.15) is 5.56 Å². The van der Waals surface area contributed by atoms with Gasteiger partial charge in [0.15, 0.2) is 0 Å². The molecule has 20 heavy (non-hydrogen) atoms. The molecule has 100 valence electrons. The average Bonchev–Trinajstić information content (AvgIpc) is 2.49. The minimum absolute atomic E-state index is 1.10. The molecule has 3 aromatic carbocycles. The highest BCUT2D eigenvalue weighted by molar-refractivity contribution is 5.93. The van der Waals surface area contributed by atoms with Gasteiger partial charge >= 0.3 is 0 Å². The minimum atomic E-state index is 1.10. The van der Waals surface area contributed by atoms with Crippen molar-refractivity contribution in [2.75, 3.05) is 17.7 Å². The molecule has 0 radical (unpaired) electrons. The molecule has 2 nitrogen and oxygen atoms in total. The summed E-state index contributed by atoms with van der Waals surface area (Å²) in [5, 5.41) is 9.27. The molecule has 0 aliphatic heterocycles. The average molecular weight is 262 g/mol. The van der Waals surface area contributed by atoms with Crippen molar-refractivity contribution in [2.45, 2.75) is 6.92 Å². The fraction of sp³-hybridized carbons (Fsp3) is 0.111. The molecule has 0 unspecified atom stereocenters. The first-order valence-corrected chi connectivity index (χ1v) is 6.81. The second-order valence-electron chi connectivity index (χ2n) is 4.93. The third-order valence-electron chi connectivity index (χ3n) is 3.57. The van der Waals surface area contributed by atoms with Crippen LogP contribution in [-0.4, -0.2) is 7.05 Å². The summed E-state index contributed by atoms with van der Waals surface area (Å²) in [6.45, 7) is 2.11. The molecule has 0 aliphatic rings. The van der Waals surface area contributed by atoms with E-state index in [4.69, 9.17) is 0 Å². The third kappa shape index (κ3) is 2.32. The molecule has 0 spiro atoms. The van der Waals surface area contributed by atoms with Crippen molar-refractivity contribution < 1.29 is 0 Å². The molecule has 2 heteroatoms. The van der Waals surface area contributed by atoms with Crippen molar-refractivity contribution in [1.29, 1.82) is 0 Å². The van der Waals surface area contributed by atoms with Gasteiger partial charge in [-0.05, 0) is 41.5 Å². The van der Waals surface area contributed by atoms with Gasteiger partial charge in [0.05, 0.1) is 11.4 Å². The molecule has 0 fully saturated rings. The Labute approximate surface area is 119 Å². The molecule has 0 bridgehead atoms. The molecule has 3 rings (SSSR count). The quantitative estimate of drug-likeness (QED) is 0.699. The predicted octanol–water partition coefficient (Wildman–Crippen LogP) is 4.93. The first kappa shape index (κ1) is 12.5. The maximum atomic E-state index is 3.52. The Morgan fingerprint density at radius 2 is 1.30 bits per heavy atom. The van der Waals surface area contributed by atoms with Crippen LogP contribution in [0.3, 0.4) is 0 Å². The van der Waals surface area contributed by atoms with E-state index in [1.807, 2.05) is 7.05 Å². The van der Waals surface area contributed by atoms with Gasteiger partial charge in [0.2, 0.25) is 0 Å². The van der Waals surface area contributed by atoms with Crippen molar-refractivity contribution in [1.82, 2.24) is 0 Å². The van der Waals surface area contributed by atoms with Crippen LogP contribution in [0.25, 0.3) is 10.8 Å². The lowest BCUT2D eigenvalue weighted by Gasteiger charge is -2.15. The Balaban J connectivity index is 2.08. The van der Waals surface area contributed by atoms with Crippen molar-refractivity contribution >= 4 is 27.8 Å². The Kier molecular flexibility index (Phi) is 3.30. The predicted molar refractivity (Wildman–Crippen MR) is 88.0 cm³/mol. The van der Waals surface area contributed by atoms with Crippen LogP contribution in [0.4, 0.5) is 17.1 Å². The van der Waals surface area contributed by atoms with Gasteiger partial charge in [-0.1, -0.05) is 42.5 Å². The third-order valence-corrected chi connectivity index (χ3v) is 3.57. The summed E-state index contributed by atoms with van der Waals surface area (Å²) in [5.74, 6) is 0. The number of aryl methyl sites for hydroxylation is 1. The lowest BCUT2D eigenvalue weighted by molar-refractivity contribution is 1.42. The SMILES string of the molecule is CNc1cc2ccccc2cc1Nc1ccccc1C. The summed E-state index contributed by atoms with van der Waals surface area (Å²) in [6.07, 6.45) is 0. The summed E-state index contributed by atoms with van der Waals surface area (Å²) in [4.78, 5) is 0. The lowest BCUT2D eigenvalue weighted by atomic mass is 10.1. The summed E-state index contributed by atoms with van der Waals surface area (Å²) in [6, 6.07) is 21.1. The number of nitrogens with one attached hydrogen (secondary N) is 2. The number of para-hydroxylation sites is 1. The number of anilines is 3. The maximum Gasteiger partial charge on any atom is 0.0626 e. The van der Waals surface area contributed by atoms with Crippen molar-refractivity contribution in [3.8, 4) is 0 Å². The van der Waals surface area contributed by atoms with Crippen LogP contribution in [0.15, 0.2) is 60.7 Å². The molecule has 0 aliphatic carbocycles. The molecule has 0 saturated heterocycles. The van der Waals surface area contributed by atoms with E-state index in [9.17, 15) is 0 Å². The van der Waals surface area contributed by atoms with Crippen LogP contribution in [0, 0.1) is 6.92 Å². The maximum absolute atomic E-state index is 3.52. The lowest BCUT2D eigenvalue weighted by Crippen LogP contribution is -1.98. The van der Waals surface area contributed by atoms with Crippen molar-refractivity contribution in [3.05, 3.63) is 66.2 Å². The summed E-state index contributed by atoms with van der Waals surface area (Å²) >= 11 is 0. The largest absolute Gasteiger partial charge is 0.386 e. The van der Waals surface area contributed by atoms with E-state index in [0.717, 1.165) is 17.1 Å². The van der Waals surface area contributed by atoms with E-state index in [-0.39, 0.29) is 0 Å². The first-order valence-electron chi connectivity index (χ1n) is 6.81.